The predicted molar refractivity (Wildman–Crippen MR) is 85.6 cm³/mol. The van der Waals surface area contributed by atoms with Crippen molar-refractivity contribution in [1.82, 2.24) is 14.8 Å². The number of fused-ring (bicyclic) bond motifs is 1. The van der Waals surface area contributed by atoms with E-state index in [0.717, 1.165) is 31.6 Å². The lowest BCUT2D eigenvalue weighted by Crippen LogP contribution is -2.38. The Balaban J connectivity index is 2.07. The monoisotopic (exact) mass is 289 g/mol. The van der Waals surface area contributed by atoms with E-state index < -0.39 is 0 Å². The van der Waals surface area contributed by atoms with Crippen LogP contribution in [0.5, 0.6) is 0 Å². The first kappa shape index (κ1) is 14.8. The van der Waals surface area contributed by atoms with Crippen molar-refractivity contribution in [3.63, 3.8) is 0 Å². The van der Waals surface area contributed by atoms with Crippen molar-refractivity contribution < 1.29 is 0 Å². The lowest BCUT2D eigenvalue weighted by Gasteiger charge is -2.32. The van der Waals surface area contributed by atoms with Crippen LogP contribution in [-0.2, 0) is 19.5 Å². The summed E-state index contributed by atoms with van der Waals surface area (Å²) in [5.41, 5.74) is 3.87. The largest absolute Gasteiger partial charge is 0.315 e. The van der Waals surface area contributed by atoms with Gasteiger partial charge in [-0.25, -0.2) is 0 Å². The molecule has 3 rings (SSSR count). The summed E-state index contributed by atoms with van der Waals surface area (Å²) in [5.74, 6) is 0. The van der Waals surface area contributed by atoms with Gasteiger partial charge in [0.2, 0.25) is 0 Å². The van der Waals surface area contributed by atoms with E-state index in [9.17, 15) is 4.79 Å². The molecule has 0 saturated heterocycles. The smallest absolute Gasteiger partial charge is 0.255 e. The number of nitrogens with one attached hydrogen (secondary N) is 1. The Bertz CT molecular complexity index is 558. The third-order valence-corrected chi connectivity index (χ3v) is 5.07. The summed E-state index contributed by atoms with van der Waals surface area (Å²) in [6.07, 6.45) is 5.90. The Hall–Kier alpha value is -1.13. The molecule has 1 fully saturated rings. The van der Waals surface area contributed by atoms with Crippen LogP contribution in [0.3, 0.4) is 0 Å². The van der Waals surface area contributed by atoms with Crippen LogP contribution in [-0.4, -0.2) is 29.6 Å². The van der Waals surface area contributed by atoms with Crippen LogP contribution >= 0.6 is 0 Å². The summed E-state index contributed by atoms with van der Waals surface area (Å²) < 4.78 is 2.17. The summed E-state index contributed by atoms with van der Waals surface area (Å²) in [7, 11) is 1.91. The molecule has 4 heteroatoms. The minimum absolute atomic E-state index is 0.250. The van der Waals surface area contributed by atoms with Gasteiger partial charge < -0.3 is 9.88 Å². The second-order valence-electron chi connectivity index (χ2n) is 6.40. The highest BCUT2D eigenvalue weighted by molar-refractivity contribution is 5.30. The maximum Gasteiger partial charge on any atom is 0.255 e. The third-order valence-electron chi connectivity index (χ3n) is 5.07. The van der Waals surface area contributed by atoms with Crippen molar-refractivity contribution in [2.24, 2.45) is 0 Å². The van der Waals surface area contributed by atoms with Crippen LogP contribution in [0.2, 0.25) is 0 Å². The van der Waals surface area contributed by atoms with Crippen molar-refractivity contribution in [3.05, 3.63) is 33.2 Å². The van der Waals surface area contributed by atoms with E-state index in [4.69, 9.17) is 0 Å². The van der Waals surface area contributed by atoms with Crippen LogP contribution in [0.15, 0.2) is 10.9 Å². The fourth-order valence-electron chi connectivity index (χ4n) is 3.92. The zero-order valence-electron chi connectivity index (χ0n) is 13.3. The number of likely N-dealkylation sites (N-methyl/N-ethyl adjacent to an activating group) is 1. The molecule has 0 unspecified atom stereocenters. The molecule has 0 amide bonds. The average molecular weight is 289 g/mol. The first-order chi connectivity index (χ1) is 10.2. The van der Waals surface area contributed by atoms with Gasteiger partial charge in [-0.3, -0.25) is 9.69 Å². The second-order valence-corrected chi connectivity index (χ2v) is 6.40. The molecule has 1 aromatic rings. The molecule has 4 nitrogen and oxygen atoms in total. The first-order valence-electron chi connectivity index (χ1n) is 8.37. The van der Waals surface area contributed by atoms with Crippen LogP contribution < -0.4 is 10.9 Å². The van der Waals surface area contributed by atoms with Crippen LogP contribution in [0, 0.1) is 0 Å². The molecular formula is C17H27N3O. The molecule has 116 valence electrons. The SMILES string of the molecule is CCN1CCc2c(cc(CNC)c(=O)n2C2CCCC2)C1. The maximum absolute atomic E-state index is 12.9. The van der Waals surface area contributed by atoms with Gasteiger partial charge in [-0.2, -0.15) is 0 Å². The molecule has 1 saturated carbocycles. The Labute approximate surface area is 127 Å². The standard InChI is InChI=1S/C17H27N3O/c1-3-19-9-8-16-14(12-19)10-13(11-18-2)17(21)20(16)15-6-4-5-7-15/h10,15,18H,3-9,11-12H2,1-2H3. The van der Waals surface area contributed by atoms with Gasteiger partial charge >= 0.3 is 0 Å². The van der Waals surface area contributed by atoms with Gasteiger partial charge in [-0.15, -0.1) is 0 Å². The van der Waals surface area contributed by atoms with E-state index in [2.05, 4.69) is 27.8 Å². The van der Waals surface area contributed by atoms with Gasteiger partial charge in [0.05, 0.1) is 0 Å². The molecular weight excluding hydrogens is 262 g/mol. The molecule has 1 N–H and O–H groups in total. The highest BCUT2D eigenvalue weighted by Gasteiger charge is 2.26. The van der Waals surface area contributed by atoms with Crippen LogP contribution in [0.25, 0.3) is 0 Å². The highest BCUT2D eigenvalue weighted by atomic mass is 16.1. The molecule has 0 aromatic carbocycles. The van der Waals surface area contributed by atoms with E-state index in [0.29, 0.717) is 12.6 Å². The van der Waals surface area contributed by atoms with Crippen molar-refractivity contribution in [2.75, 3.05) is 20.1 Å². The first-order valence-corrected chi connectivity index (χ1v) is 8.37. The fourth-order valence-corrected chi connectivity index (χ4v) is 3.92. The van der Waals surface area contributed by atoms with Gasteiger partial charge in [0, 0.05) is 43.4 Å². The Morgan fingerprint density at radius 2 is 2.10 bits per heavy atom. The fraction of sp³-hybridized carbons (Fsp3) is 0.706. The normalized spacial score (nSPS) is 19.9. The quantitative estimate of drug-likeness (QED) is 0.922. The van der Waals surface area contributed by atoms with Gasteiger partial charge in [0.1, 0.15) is 0 Å². The minimum atomic E-state index is 0.250. The Morgan fingerprint density at radius 3 is 2.76 bits per heavy atom. The summed E-state index contributed by atoms with van der Waals surface area (Å²) in [4.78, 5) is 15.3. The van der Waals surface area contributed by atoms with Crippen molar-refractivity contribution in [3.8, 4) is 0 Å². The summed E-state index contributed by atoms with van der Waals surface area (Å²) in [6.45, 7) is 6.05. The number of pyridine rings is 1. The van der Waals surface area contributed by atoms with Crippen LogP contribution in [0.1, 0.15) is 55.5 Å². The van der Waals surface area contributed by atoms with Gasteiger partial charge in [0.25, 0.3) is 5.56 Å². The lowest BCUT2D eigenvalue weighted by molar-refractivity contribution is 0.258. The molecule has 21 heavy (non-hydrogen) atoms. The maximum atomic E-state index is 12.9. The molecule has 0 radical (unpaired) electrons. The Kier molecular flexibility index (Phi) is 4.45. The number of hydrogen-bond acceptors (Lipinski definition) is 3. The highest BCUT2D eigenvalue weighted by Crippen LogP contribution is 2.31. The van der Waals surface area contributed by atoms with E-state index in [1.165, 1.54) is 36.9 Å². The summed E-state index contributed by atoms with van der Waals surface area (Å²) in [6, 6.07) is 2.60. The van der Waals surface area contributed by atoms with Gasteiger partial charge in [-0.1, -0.05) is 19.8 Å². The number of rotatable bonds is 4. The van der Waals surface area contributed by atoms with Crippen molar-refractivity contribution in [1.29, 1.82) is 0 Å². The van der Waals surface area contributed by atoms with Crippen molar-refractivity contribution in [2.45, 2.75) is 58.2 Å². The Morgan fingerprint density at radius 1 is 1.33 bits per heavy atom. The van der Waals surface area contributed by atoms with E-state index >= 15 is 0 Å². The van der Waals surface area contributed by atoms with E-state index in [-0.39, 0.29) is 5.56 Å². The molecule has 1 aliphatic carbocycles. The van der Waals surface area contributed by atoms with Crippen LogP contribution in [0.4, 0.5) is 0 Å². The second kappa shape index (κ2) is 6.32. The molecule has 0 atom stereocenters. The zero-order chi connectivity index (χ0) is 14.8. The van der Waals surface area contributed by atoms with Crippen molar-refractivity contribution >= 4 is 0 Å². The van der Waals surface area contributed by atoms with Gasteiger partial charge in [-0.05, 0) is 38.1 Å². The zero-order valence-corrected chi connectivity index (χ0v) is 13.3. The molecule has 2 heterocycles. The molecule has 1 aromatic heterocycles. The summed E-state index contributed by atoms with van der Waals surface area (Å²) >= 11 is 0. The molecule has 0 bridgehead atoms. The topological polar surface area (TPSA) is 37.3 Å². The summed E-state index contributed by atoms with van der Waals surface area (Å²) in [5, 5.41) is 3.15. The molecule has 2 aliphatic rings. The molecule has 0 spiro atoms. The lowest BCUT2D eigenvalue weighted by atomic mass is 10.0. The number of aromatic nitrogens is 1. The predicted octanol–water partition coefficient (Wildman–Crippen LogP) is 2.06. The average Bonchev–Trinajstić information content (AvgIpc) is 3.02. The number of hydrogen-bond donors (Lipinski definition) is 1. The molecule has 1 aliphatic heterocycles. The number of nitrogens with zero attached hydrogens (tertiary/aromatic N) is 2. The van der Waals surface area contributed by atoms with E-state index in [1.54, 1.807) is 0 Å². The van der Waals surface area contributed by atoms with Gasteiger partial charge in [0.15, 0.2) is 0 Å². The third kappa shape index (κ3) is 2.79. The minimum Gasteiger partial charge on any atom is -0.315 e. The van der Waals surface area contributed by atoms with E-state index in [1.807, 2.05) is 7.05 Å².